The quantitative estimate of drug-likeness (QED) is 0.0273. The van der Waals surface area contributed by atoms with Gasteiger partial charge in [-0.3, -0.25) is 9.98 Å². The van der Waals surface area contributed by atoms with E-state index in [9.17, 15) is 0 Å². The number of aliphatic imine (C=N–C) groups is 2. The van der Waals surface area contributed by atoms with Gasteiger partial charge in [0.15, 0.2) is 0 Å². The summed E-state index contributed by atoms with van der Waals surface area (Å²) < 4.78 is 0. The normalized spacial score (nSPS) is 10.8. The molecule has 0 radical (unpaired) electrons. The summed E-state index contributed by atoms with van der Waals surface area (Å²) in [6.07, 6.45) is 85.1. The van der Waals surface area contributed by atoms with Gasteiger partial charge in [0.25, 0.3) is 0 Å². The fourth-order valence-electron chi connectivity index (χ4n) is 17.3. The van der Waals surface area contributed by atoms with E-state index in [1.165, 1.54) is 322 Å². The second-order valence-electron chi connectivity index (χ2n) is 36.5. The summed E-state index contributed by atoms with van der Waals surface area (Å²) in [5.74, 6) is 76.1. The molecule has 128 heavy (non-hydrogen) atoms. The van der Waals surface area contributed by atoms with Crippen molar-refractivity contribution in [3.63, 3.8) is 0 Å². The molecule has 0 amide bonds. The van der Waals surface area contributed by atoms with E-state index in [0.717, 1.165) is 263 Å². The predicted molar refractivity (Wildman–Crippen MR) is 569 cm³/mol. The van der Waals surface area contributed by atoms with Crippen LogP contribution in [0.3, 0.4) is 0 Å². The maximum absolute atomic E-state index is 6.73. The minimum absolute atomic E-state index is 0. The summed E-state index contributed by atoms with van der Waals surface area (Å²) in [6.45, 7) is 27.9. The Kier molecular flexibility index (Phi) is 86.8. The van der Waals surface area contributed by atoms with Crippen molar-refractivity contribution < 1.29 is 16.5 Å². The van der Waals surface area contributed by atoms with Gasteiger partial charge >= 0.3 is 16.5 Å². The van der Waals surface area contributed by atoms with Crippen LogP contribution in [-0.2, 0) is 80.7 Å². The monoisotopic (exact) mass is 1780 g/mol. The van der Waals surface area contributed by atoms with Crippen molar-refractivity contribution in [3.05, 3.63) is 55.6 Å². The number of hydrogen-bond acceptors (Lipinski definition) is 2. The molecule has 712 valence electrons. The SMILES string of the molecule is CCCCCCC#CCCc1c(CCC#CCCCCCC)c(CCC#CCCCCCC)c(/N=C(CCCCC)/C(CCCCCC)=N/c2c(CCC#CCCCCCC)c(CCC#CCCCCCC)c(CCC#CCCCCCC)c(CCC#CCCCCCC)c2CCC#CCCCCCC)c(CCC#CCCCCCC)c1CCC#CCCCCCC.[Ni+2]. The Morgan fingerprint density at radius 1 is 0.141 bits per heavy atom. The van der Waals surface area contributed by atoms with Gasteiger partial charge in [-0.1, -0.05) is 308 Å². The molecule has 0 aliphatic carbocycles. The third kappa shape index (κ3) is 62.3. The topological polar surface area (TPSA) is 24.7 Å². The zero-order valence-electron chi connectivity index (χ0n) is 86.1. The average molecular weight is 1780 g/mol. The van der Waals surface area contributed by atoms with E-state index in [-0.39, 0.29) is 16.5 Å². The van der Waals surface area contributed by atoms with Gasteiger partial charge in [0.2, 0.25) is 0 Å². The van der Waals surface area contributed by atoms with Crippen molar-refractivity contribution in [1.29, 1.82) is 0 Å². The first-order valence-corrected chi connectivity index (χ1v) is 54.9. The van der Waals surface area contributed by atoms with Crippen molar-refractivity contribution in [3.8, 4) is 118 Å². The van der Waals surface area contributed by atoms with Crippen LogP contribution in [0.4, 0.5) is 11.4 Å². The van der Waals surface area contributed by atoms with Crippen LogP contribution in [0.15, 0.2) is 9.98 Å². The van der Waals surface area contributed by atoms with E-state index in [2.05, 4.69) is 201 Å². The Hall–Kier alpha value is -6.13. The van der Waals surface area contributed by atoms with E-state index >= 15 is 0 Å². The van der Waals surface area contributed by atoms with Crippen LogP contribution in [0.5, 0.6) is 0 Å². The van der Waals surface area contributed by atoms with Crippen LogP contribution in [0, 0.1) is 118 Å². The van der Waals surface area contributed by atoms with Crippen molar-refractivity contribution >= 4 is 22.8 Å². The first-order chi connectivity index (χ1) is 62.9. The van der Waals surface area contributed by atoms with Crippen molar-refractivity contribution in [2.45, 2.75) is 590 Å². The summed E-state index contributed by atoms with van der Waals surface area (Å²) >= 11 is 0. The van der Waals surface area contributed by atoms with Gasteiger partial charge in [0.1, 0.15) is 0 Å². The van der Waals surface area contributed by atoms with Gasteiger partial charge in [-0.2, -0.15) is 0 Å². The standard InChI is InChI=1S/C125H194N2.Ni/c1-13-25-37-48-58-68-78-89-100-112-114(102-91-80-70-60-50-39-27-15-3)118(106-95-84-74-64-54-43-31-19-7)124(119(107-96-85-75-65-55-44-32-20-8)115(112)103-92-81-71-61-51-40-28-16-4)126-122(110-88-36-24-12)123(111-99-47-35-23-11)127-125-120(108-97-86-76-66-56-45-33-21-9)116(104-93-82-72-62-52-41-29-17-5)113(101-90-79-69-59-49-38-26-14-2)117(105-94-83-73-63-53-42-30-18-6)121(125)109-98-87-77-67-57-46-34-22-10;/h13-67,88-111H2,1-12H3;/q;+2/b126-122+,127-123+;. The zero-order valence-corrected chi connectivity index (χ0v) is 87.1. The van der Waals surface area contributed by atoms with Crippen LogP contribution in [0.25, 0.3) is 0 Å². The molecule has 2 nitrogen and oxygen atoms in total. The number of hydrogen-bond donors (Lipinski definition) is 0. The second kappa shape index (κ2) is 92.7. The molecule has 0 heterocycles. The van der Waals surface area contributed by atoms with Gasteiger partial charge in [-0.25, -0.2) is 0 Å². The molecule has 0 fully saturated rings. The molecular formula is C125H194N2Ni+2. The maximum Gasteiger partial charge on any atom is 2.00 e. The minimum Gasteiger partial charge on any atom is -0.251 e. The summed E-state index contributed by atoms with van der Waals surface area (Å²) in [4.78, 5) is 13.5. The number of nitrogens with zero attached hydrogens (tertiary/aromatic N) is 2. The second-order valence-corrected chi connectivity index (χ2v) is 36.5. The Bertz CT molecular complexity index is 3670. The van der Waals surface area contributed by atoms with E-state index in [1.54, 1.807) is 0 Å². The van der Waals surface area contributed by atoms with Crippen LogP contribution < -0.4 is 0 Å². The number of benzene rings is 2. The van der Waals surface area contributed by atoms with Crippen LogP contribution in [0.2, 0.25) is 0 Å². The molecule has 0 unspecified atom stereocenters. The number of unbranched alkanes of at least 4 members (excludes halogenated alkanes) is 45. The van der Waals surface area contributed by atoms with Crippen molar-refractivity contribution in [2.75, 3.05) is 0 Å². The molecule has 3 heteroatoms. The van der Waals surface area contributed by atoms with E-state index in [1.807, 2.05) is 0 Å². The summed E-state index contributed by atoms with van der Waals surface area (Å²) in [5, 5.41) is 0. The molecular weight excluding hydrogens is 1590 g/mol. The molecule has 2 aromatic carbocycles. The Morgan fingerprint density at radius 2 is 0.258 bits per heavy atom. The first kappa shape index (κ1) is 120. The molecule has 0 aromatic heterocycles. The maximum atomic E-state index is 6.73. The third-order valence-corrected chi connectivity index (χ3v) is 25.0. The summed E-state index contributed by atoms with van der Waals surface area (Å²) in [7, 11) is 0. The molecule has 0 saturated carbocycles. The fourth-order valence-corrected chi connectivity index (χ4v) is 17.3. The van der Waals surface area contributed by atoms with Crippen LogP contribution in [-0.4, -0.2) is 11.4 Å². The smallest absolute Gasteiger partial charge is 0.251 e. The minimum atomic E-state index is 0. The van der Waals surface area contributed by atoms with Crippen molar-refractivity contribution in [1.82, 2.24) is 0 Å². The predicted octanol–water partition coefficient (Wildman–Crippen LogP) is 37.1. The third-order valence-electron chi connectivity index (χ3n) is 25.0. The summed E-state index contributed by atoms with van der Waals surface area (Å²) in [5.41, 5.74) is 19.3. The van der Waals surface area contributed by atoms with Gasteiger partial charge in [0, 0.05) is 128 Å². The Labute approximate surface area is 808 Å². The average Bonchev–Trinajstić information content (AvgIpc) is 0.764. The molecule has 0 saturated heterocycles. The van der Waals surface area contributed by atoms with Gasteiger partial charge < -0.3 is 0 Å². The molecule has 2 aromatic rings. The van der Waals surface area contributed by atoms with E-state index in [4.69, 9.17) is 9.98 Å². The van der Waals surface area contributed by atoms with Crippen molar-refractivity contribution in [2.24, 2.45) is 9.98 Å². The first-order valence-electron chi connectivity index (χ1n) is 54.9. The zero-order chi connectivity index (χ0) is 91.5. The molecule has 0 spiro atoms. The largest absolute Gasteiger partial charge is 2.00 e. The molecule has 0 atom stereocenters. The van der Waals surface area contributed by atoms with Crippen LogP contribution in [0.1, 0.15) is 582 Å². The van der Waals surface area contributed by atoms with Gasteiger partial charge in [0.05, 0.1) is 22.8 Å². The molecule has 0 N–H and O–H groups in total. The molecule has 0 bridgehead atoms. The Morgan fingerprint density at radius 3 is 0.414 bits per heavy atom. The van der Waals surface area contributed by atoms with Gasteiger partial charge in [-0.05, 0) is 210 Å². The van der Waals surface area contributed by atoms with Gasteiger partial charge in [-0.15, -0.1) is 118 Å². The number of rotatable bonds is 72. The fraction of sp³-hybridized carbons (Fsp3) is 0.728. The van der Waals surface area contributed by atoms with Crippen LogP contribution >= 0.6 is 0 Å². The summed E-state index contributed by atoms with van der Waals surface area (Å²) in [6, 6.07) is 0. The van der Waals surface area contributed by atoms with E-state index < -0.39 is 0 Å². The Balaban J connectivity index is 0.0000819. The van der Waals surface area contributed by atoms with E-state index in [0.29, 0.717) is 0 Å². The molecule has 0 aliphatic heterocycles. The molecule has 0 aliphatic rings. The molecule has 2 rings (SSSR count).